The summed E-state index contributed by atoms with van der Waals surface area (Å²) in [5, 5.41) is 21.1. The molecular formula is C27H30N4O3. The highest BCUT2D eigenvalue weighted by Gasteiger charge is 2.30. The number of anilines is 1. The number of phenols is 1. The number of phenolic OH excluding ortho intramolecular Hbond substituents is 1. The van der Waals surface area contributed by atoms with E-state index in [0.29, 0.717) is 23.5 Å². The van der Waals surface area contributed by atoms with Gasteiger partial charge in [-0.3, -0.25) is 4.79 Å². The predicted molar refractivity (Wildman–Crippen MR) is 131 cm³/mol. The van der Waals surface area contributed by atoms with Crippen molar-refractivity contribution in [1.82, 2.24) is 15.1 Å². The third-order valence-electron chi connectivity index (χ3n) is 6.76. The highest BCUT2D eigenvalue weighted by molar-refractivity contribution is 5.95. The first-order valence-electron chi connectivity index (χ1n) is 12.1. The topological polar surface area (TPSA) is 96.3 Å². The summed E-state index contributed by atoms with van der Waals surface area (Å²) in [5.74, 6) is 0.408. The Labute approximate surface area is 199 Å². The lowest BCUT2D eigenvalue weighted by Gasteiger charge is -2.12. The van der Waals surface area contributed by atoms with E-state index in [1.165, 1.54) is 10.2 Å². The Morgan fingerprint density at radius 2 is 1.76 bits per heavy atom. The van der Waals surface area contributed by atoms with E-state index in [9.17, 15) is 14.7 Å². The second-order valence-corrected chi connectivity index (χ2v) is 9.49. The fourth-order valence-electron chi connectivity index (χ4n) is 4.57. The summed E-state index contributed by atoms with van der Waals surface area (Å²) in [4.78, 5) is 25.3. The zero-order valence-electron chi connectivity index (χ0n) is 19.4. The maximum atomic E-state index is 13.2. The lowest BCUT2D eigenvalue weighted by Crippen LogP contribution is -2.30. The molecule has 1 heterocycles. The molecule has 2 amide bonds. The van der Waals surface area contributed by atoms with Gasteiger partial charge < -0.3 is 15.7 Å². The van der Waals surface area contributed by atoms with E-state index >= 15 is 0 Å². The first-order valence-corrected chi connectivity index (χ1v) is 12.1. The quantitative estimate of drug-likeness (QED) is 0.435. The zero-order valence-corrected chi connectivity index (χ0v) is 19.4. The van der Waals surface area contributed by atoms with Crippen LogP contribution in [0.1, 0.15) is 61.3 Å². The second kappa shape index (κ2) is 9.33. The smallest absolute Gasteiger partial charge is 0.342 e. The predicted octanol–water partition coefficient (Wildman–Crippen LogP) is 5.33. The number of nitrogens with zero attached hydrogens (tertiary/aromatic N) is 2. The molecule has 3 aromatic rings. The summed E-state index contributed by atoms with van der Waals surface area (Å²) in [6.45, 7) is 2.44. The fourth-order valence-corrected chi connectivity index (χ4v) is 4.57. The van der Waals surface area contributed by atoms with Gasteiger partial charge in [0.05, 0.1) is 11.4 Å². The van der Waals surface area contributed by atoms with Crippen molar-refractivity contribution in [2.24, 2.45) is 5.92 Å². The number of carbonyl (C=O) groups excluding carboxylic acids is 2. The minimum atomic E-state index is -0.286. The Morgan fingerprint density at radius 3 is 2.47 bits per heavy atom. The first kappa shape index (κ1) is 22.2. The van der Waals surface area contributed by atoms with Crippen molar-refractivity contribution in [3.05, 3.63) is 65.4 Å². The van der Waals surface area contributed by atoms with Gasteiger partial charge in [0.15, 0.2) is 0 Å². The largest absolute Gasteiger partial charge is 0.507 e. The Morgan fingerprint density at radius 1 is 1.03 bits per heavy atom. The van der Waals surface area contributed by atoms with E-state index in [4.69, 9.17) is 0 Å². The third-order valence-corrected chi connectivity index (χ3v) is 6.76. The van der Waals surface area contributed by atoms with Crippen molar-refractivity contribution in [2.45, 2.75) is 57.9 Å². The van der Waals surface area contributed by atoms with Crippen molar-refractivity contribution in [3.8, 4) is 17.0 Å². The molecule has 34 heavy (non-hydrogen) atoms. The van der Waals surface area contributed by atoms with Crippen LogP contribution in [-0.4, -0.2) is 26.8 Å². The molecule has 176 valence electrons. The molecule has 2 saturated carbocycles. The molecule has 7 heteroatoms. The summed E-state index contributed by atoms with van der Waals surface area (Å²) in [6.07, 6.45) is 6.13. The molecule has 7 nitrogen and oxygen atoms in total. The maximum Gasteiger partial charge on any atom is 0.342 e. The first-order chi connectivity index (χ1) is 16.5. The van der Waals surface area contributed by atoms with Crippen LogP contribution in [0.2, 0.25) is 0 Å². The van der Waals surface area contributed by atoms with E-state index in [2.05, 4.69) is 15.7 Å². The third kappa shape index (κ3) is 4.83. The highest BCUT2D eigenvalue weighted by Crippen LogP contribution is 2.38. The monoisotopic (exact) mass is 458 g/mol. The summed E-state index contributed by atoms with van der Waals surface area (Å²) < 4.78 is 1.45. The van der Waals surface area contributed by atoms with Crippen molar-refractivity contribution >= 4 is 17.6 Å². The molecule has 1 aromatic heterocycles. The average molecular weight is 459 g/mol. The molecule has 2 aliphatic rings. The van der Waals surface area contributed by atoms with E-state index < -0.39 is 0 Å². The van der Waals surface area contributed by atoms with Gasteiger partial charge in [-0.25, -0.2) is 4.79 Å². The van der Waals surface area contributed by atoms with Gasteiger partial charge in [0, 0.05) is 29.6 Å². The maximum absolute atomic E-state index is 13.2. The molecule has 0 saturated heterocycles. The van der Waals surface area contributed by atoms with Crippen LogP contribution >= 0.6 is 0 Å². The minimum absolute atomic E-state index is 0.00398. The van der Waals surface area contributed by atoms with Crippen LogP contribution in [0, 0.1) is 12.8 Å². The molecule has 3 N–H and O–H groups in total. The summed E-state index contributed by atoms with van der Waals surface area (Å²) in [5.41, 5.74) is 4.69. The minimum Gasteiger partial charge on any atom is -0.507 e. The van der Waals surface area contributed by atoms with Crippen molar-refractivity contribution in [1.29, 1.82) is 0 Å². The Hall–Kier alpha value is -3.61. The highest BCUT2D eigenvalue weighted by atomic mass is 16.3. The van der Waals surface area contributed by atoms with Crippen molar-refractivity contribution < 1.29 is 14.7 Å². The molecular weight excluding hydrogens is 428 g/mol. The zero-order chi connectivity index (χ0) is 23.7. The molecule has 0 aliphatic heterocycles. The van der Waals surface area contributed by atoms with Gasteiger partial charge in [0.1, 0.15) is 5.75 Å². The van der Waals surface area contributed by atoms with Crippen LogP contribution in [0.4, 0.5) is 10.5 Å². The van der Waals surface area contributed by atoms with Gasteiger partial charge in [-0.15, -0.1) is 0 Å². The lowest BCUT2D eigenvalue weighted by atomic mass is 10.0. The summed E-state index contributed by atoms with van der Waals surface area (Å²) in [7, 11) is 0. The number of hydrogen-bond acceptors (Lipinski definition) is 4. The number of rotatable bonds is 6. The second-order valence-electron chi connectivity index (χ2n) is 9.49. The van der Waals surface area contributed by atoms with Gasteiger partial charge >= 0.3 is 6.03 Å². The number of nitrogens with one attached hydrogen (secondary N) is 2. The number of aromatic hydroxyl groups is 1. The summed E-state index contributed by atoms with van der Waals surface area (Å²) in [6, 6.07) is 14.6. The normalized spacial score (nSPS) is 15.9. The van der Waals surface area contributed by atoms with E-state index in [1.54, 1.807) is 18.2 Å². The molecule has 0 radical (unpaired) electrons. The lowest BCUT2D eigenvalue weighted by molar-refractivity contribution is -0.117. The number of hydrogen-bond donors (Lipinski definition) is 3. The van der Waals surface area contributed by atoms with Crippen LogP contribution in [0.15, 0.2) is 48.5 Å². The number of benzene rings is 2. The van der Waals surface area contributed by atoms with Gasteiger partial charge in [0.2, 0.25) is 5.91 Å². The summed E-state index contributed by atoms with van der Waals surface area (Å²) >= 11 is 0. The molecule has 2 fully saturated rings. The standard InChI is InChI=1S/C27H30N4O3/c1-17-6-8-18(9-7-17)16-28-27(34)31-24(19-4-2-3-5-19)15-23(30-31)22-14-21(12-13-25(22)32)29-26(33)20-10-11-20/h6-9,12-15,19-20,32H,2-5,10-11,16H2,1H3,(H,28,34)(H,29,33). The van der Waals surface area contributed by atoms with Crippen LogP contribution in [0.5, 0.6) is 5.75 Å². The van der Waals surface area contributed by atoms with E-state index in [1.807, 2.05) is 37.3 Å². The molecule has 0 spiro atoms. The van der Waals surface area contributed by atoms with Crippen molar-refractivity contribution in [2.75, 3.05) is 5.32 Å². The molecule has 2 aromatic carbocycles. The van der Waals surface area contributed by atoms with Gasteiger partial charge in [0.25, 0.3) is 0 Å². The average Bonchev–Trinajstić information content (AvgIpc) is 3.37. The van der Waals surface area contributed by atoms with Crippen LogP contribution in [0.25, 0.3) is 11.3 Å². The molecule has 0 bridgehead atoms. The number of aryl methyl sites for hydroxylation is 1. The van der Waals surface area contributed by atoms with Gasteiger partial charge in [-0.05, 0) is 62.4 Å². The van der Waals surface area contributed by atoms with Crippen LogP contribution in [-0.2, 0) is 11.3 Å². The fraction of sp³-hybridized carbons (Fsp3) is 0.370. The Balaban J connectivity index is 1.42. The molecule has 0 atom stereocenters. The Kier molecular flexibility index (Phi) is 6.09. The molecule has 5 rings (SSSR count). The van der Waals surface area contributed by atoms with Gasteiger partial charge in [-0.2, -0.15) is 9.78 Å². The van der Waals surface area contributed by atoms with E-state index in [0.717, 1.165) is 49.8 Å². The number of aromatic nitrogens is 2. The Bertz CT molecular complexity index is 1210. The van der Waals surface area contributed by atoms with Gasteiger partial charge in [-0.1, -0.05) is 42.7 Å². The van der Waals surface area contributed by atoms with Crippen LogP contribution in [0.3, 0.4) is 0 Å². The number of amides is 2. The molecule has 2 aliphatic carbocycles. The SMILES string of the molecule is Cc1ccc(CNC(=O)n2nc(-c3cc(NC(=O)C4CC4)ccc3O)cc2C2CCCC2)cc1. The number of carbonyl (C=O) groups is 2. The van der Waals surface area contributed by atoms with E-state index in [-0.39, 0.29) is 29.5 Å². The van der Waals surface area contributed by atoms with Crippen molar-refractivity contribution in [3.63, 3.8) is 0 Å². The molecule has 0 unspecified atom stereocenters. The van der Waals surface area contributed by atoms with Crippen LogP contribution < -0.4 is 10.6 Å².